The number of rotatable bonds is 53. The first-order valence-corrected chi connectivity index (χ1v) is 28.6. The summed E-state index contributed by atoms with van der Waals surface area (Å²) in [7, 11) is 0. The molecular formula is C58H111NO5. The molecule has 0 aliphatic rings. The summed E-state index contributed by atoms with van der Waals surface area (Å²) in [4.78, 5) is 24.5. The molecule has 0 heterocycles. The molecule has 6 nitrogen and oxygen atoms in total. The van der Waals surface area contributed by atoms with Gasteiger partial charge < -0.3 is 20.3 Å². The van der Waals surface area contributed by atoms with E-state index in [2.05, 4.69) is 31.3 Å². The van der Waals surface area contributed by atoms with Gasteiger partial charge in [0, 0.05) is 12.8 Å². The minimum absolute atomic E-state index is 0.00553. The van der Waals surface area contributed by atoms with Gasteiger partial charge in [0.2, 0.25) is 5.91 Å². The molecule has 0 aliphatic heterocycles. The average molecular weight is 903 g/mol. The molecule has 0 bridgehead atoms. The Morgan fingerprint density at radius 2 is 0.734 bits per heavy atom. The summed E-state index contributed by atoms with van der Waals surface area (Å²) in [5.41, 5.74) is 0. The Morgan fingerprint density at radius 3 is 1.11 bits per heavy atom. The zero-order valence-corrected chi connectivity index (χ0v) is 43.0. The maximum absolute atomic E-state index is 12.4. The number of hydrogen-bond donors (Lipinski definition) is 3. The molecule has 2 atom stereocenters. The highest BCUT2D eigenvalue weighted by atomic mass is 16.5. The standard InChI is InChI=1S/C58H111NO5/c1-3-5-7-9-11-13-15-17-18-24-28-32-36-40-44-48-52-58(63)64-53-49-45-41-37-33-29-25-22-20-19-21-23-27-31-35-39-43-47-51-57(62)59-55(54-60)56(61)50-46-42-38-34-30-26-16-14-12-10-8-6-4-2/h21,23,46,50,55-56,60-61H,3-20,22,24-45,47-49,51-54H2,1-2H3,(H,59,62)/b23-21-,50-46+. The summed E-state index contributed by atoms with van der Waals surface area (Å²) < 4.78 is 5.48. The van der Waals surface area contributed by atoms with E-state index in [1.54, 1.807) is 6.08 Å². The van der Waals surface area contributed by atoms with Gasteiger partial charge in [-0.2, -0.15) is 0 Å². The Hall–Kier alpha value is -1.66. The molecule has 0 saturated heterocycles. The first-order valence-electron chi connectivity index (χ1n) is 28.6. The third-order valence-electron chi connectivity index (χ3n) is 13.2. The van der Waals surface area contributed by atoms with E-state index < -0.39 is 12.1 Å². The van der Waals surface area contributed by atoms with Crippen LogP contribution in [0, 0.1) is 0 Å². The van der Waals surface area contributed by atoms with Crippen LogP contribution in [-0.2, 0) is 14.3 Å². The number of aliphatic hydroxyl groups excluding tert-OH is 2. The maximum Gasteiger partial charge on any atom is 0.305 e. The quantitative estimate of drug-likeness (QED) is 0.0321. The van der Waals surface area contributed by atoms with Crippen molar-refractivity contribution in [3.8, 4) is 0 Å². The van der Waals surface area contributed by atoms with Crippen LogP contribution in [0.1, 0.15) is 309 Å². The number of ether oxygens (including phenoxy) is 1. The zero-order valence-electron chi connectivity index (χ0n) is 43.0. The van der Waals surface area contributed by atoms with Crippen LogP contribution in [0.4, 0.5) is 0 Å². The van der Waals surface area contributed by atoms with Crippen LogP contribution in [0.3, 0.4) is 0 Å². The Kier molecular flexibility index (Phi) is 52.6. The summed E-state index contributed by atoms with van der Waals surface area (Å²) >= 11 is 0. The summed E-state index contributed by atoms with van der Waals surface area (Å²) in [6.45, 7) is 4.90. The fourth-order valence-electron chi connectivity index (χ4n) is 8.81. The van der Waals surface area contributed by atoms with Crippen LogP contribution in [0.5, 0.6) is 0 Å². The average Bonchev–Trinajstić information content (AvgIpc) is 3.29. The monoisotopic (exact) mass is 902 g/mol. The SMILES string of the molecule is CCCCCCCCCCCCC/C=C/C(O)C(CO)NC(=O)CCCCCCC/C=C\CCCCCCCCCCCOC(=O)CCCCCCCCCCCCCCCCCC. The van der Waals surface area contributed by atoms with Crippen molar-refractivity contribution in [2.45, 2.75) is 321 Å². The smallest absolute Gasteiger partial charge is 0.305 e. The second kappa shape index (κ2) is 54.0. The van der Waals surface area contributed by atoms with Crippen LogP contribution in [-0.4, -0.2) is 47.4 Å². The largest absolute Gasteiger partial charge is 0.466 e. The predicted octanol–water partition coefficient (Wildman–Crippen LogP) is 17.5. The molecule has 0 spiro atoms. The Bertz CT molecular complexity index is 997. The molecule has 2 unspecified atom stereocenters. The molecule has 0 aromatic heterocycles. The highest BCUT2D eigenvalue weighted by molar-refractivity contribution is 5.76. The van der Waals surface area contributed by atoms with E-state index in [1.807, 2.05) is 6.08 Å². The third kappa shape index (κ3) is 49.8. The van der Waals surface area contributed by atoms with Crippen LogP contribution in [0.15, 0.2) is 24.3 Å². The van der Waals surface area contributed by atoms with E-state index in [1.165, 1.54) is 225 Å². The van der Waals surface area contributed by atoms with E-state index in [-0.39, 0.29) is 18.5 Å². The molecule has 6 heteroatoms. The number of unbranched alkanes of at least 4 members (excludes halogenated alkanes) is 40. The van der Waals surface area contributed by atoms with Gasteiger partial charge in [-0.05, 0) is 57.8 Å². The Labute approximate surface area is 399 Å². The van der Waals surface area contributed by atoms with Gasteiger partial charge in [-0.25, -0.2) is 0 Å². The van der Waals surface area contributed by atoms with Crippen LogP contribution in [0.2, 0.25) is 0 Å². The fraction of sp³-hybridized carbons (Fsp3) is 0.897. The number of esters is 1. The van der Waals surface area contributed by atoms with Crippen molar-refractivity contribution in [3.05, 3.63) is 24.3 Å². The predicted molar refractivity (Wildman–Crippen MR) is 278 cm³/mol. The molecule has 0 rings (SSSR count). The van der Waals surface area contributed by atoms with Gasteiger partial charge in [-0.1, -0.05) is 263 Å². The lowest BCUT2D eigenvalue weighted by molar-refractivity contribution is -0.143. The molecule has 0 radical (unpaired) electrons. The molecule has 0 saturated carbocycles. The van der Waals surface area contributed by atoms with E-state index >= 15 is 0 Å². The number of aliphatic hydroxyl groups is 2. The molecule has 3 N–H and O–H groups in total. The summed E-state index contributed by atoms with van der Waals surface area (Å²) in [5, 5.41) is 23.0. The van der Waals surface area contributed by atoms with Crippen LogP contribution >= 0.6 is 0 Å². The van der Waals surface area contributed by atoms with Gasteiger partial charge in [-0.15, -0.1) is 0 Å². The van der Waals surface area contributed by atoms with Crippen molar-refractivity contribution in [2.75, 3.05) is 13.2 Å². The van der Waals surface area contributed by atoms with Crippen LogP contribution in [0.25, 0.3) is 0 Å². The number of amides is 1. The number of hydrogen-bond acceptors (Lipinski definition) is 5. The number of allylic oxidation sites excluding steroid dienone is 3. The van der Waals surface area contributed by atoms with E-state index in [4.69, 9.17) is 4.74 Å². The van der Waals surface area contributed by atoms with Crippen molar-refractivity contribution in [3.63, 3.8) is 0 Å². The molecule has 0 fully saturated rings. The van der Waals surface area contributed by atoms with E-state index in [0.29, 0.717) is 19.4 Å². The molecule has 378 valence electrons. The fourth-order valence-corrected chi connectivity index (χ4v) is 8.81. The highest BCUT2D eigenvalue weighted by Crippen LogP contribution is 2.16. The van der Waals surface area contributed by atoms with Crippen LogP contribution < -0.4 is 5.32 Å². The minimum atomic E-state index is -0.852. The molecule has 0 aliphatic carbocycles. The number of carbonyl (C=O) groups is 2. The van der Waals surface area contributed by atoms with Crippen molar-refractivity contribution in [1.29, 1.82) is 0 Å². The topological polar surface area (TPSA) is 95.9 Å². The molecule has 0 aromatic rings. The normalized spacial score (nSPS) is 12.8. The Balaban J connectivity index is 3.45. The van der Waals surface area contributed by atoms with Gasteiger partial charge in [0.05, 0.1) is 25.4 Å². The summed E-state index contributed by atoms with van der Waals surface area (Å²) in [6.07, 6.45) is 64.8. The van der Waals surface area contributed by atoms with Gasteiger partial charge >= 0.3 is 5.97 Å². The first-order chi connectivity index (χ1) is 31.5. The second-order valence-corrected chi connectivity index (χ2v) is 19.6. The van der Waals surface area contributed by atoms with Gasteiger partial charge in [-0.3, -0.25) is 9.59 Å². The van der Waals surface area contributed by atoms with Crippen molar-refractivity contribution in [1.82, 2.24) is 5.32 Å². The van der Waals surface area contributed by atoms with Gasteiger partial charge in [0.1, 0.15) is 0 Å². The van der Waals surface area contributed by atoms with E-state index in [0.717, 1.165) is 57.8 Å². The van der Waals surface area contributed by atoms with Crippen molar-refractivity contribution in [2.24, 2.45) is 0 Å². The Morgan fingerprint density at radius 1 is 0.422 bits per heavy atom. The molecule has 0 aromatic carbocycles. The lowest BCUT2D eigenvalue weighted by Gasteiger charge is -2.20. The third-order valence-corrected chi connectivity index (χ3v) is 13.2. The minimum Gasteiger partial charge on any atom is -0.466 e. The first kappa shape index (κ1) is 62.3. The summed E-state index contributed by atoms with van der Waals surface area (Å²) in [5.74, 6) is -0.0765. The molecule has 1 amide bonds. The van der Waals surface area contributed by atoms with Gasteiger partial charge in [0.25, 0.3) is 0 Å². The highest BCUT2D eigenvalue weighted by Gasteiger charge is 2.18. The number of carbonyl (C=O) groups excluding carboxylic acids is 2. The van der Waals surface area contributed by atoms with Gasteiger partial charge in [0.15, 0.2) is 0 Å². The molecular weight excluding hydrogens is 791 g/mol. The zero-order chi connectivity index (χ0) is 46.5. The number of nitrogens with one attached hydrogen (secondary N) is 1. The summed E-state index contributed by atoms with van der Waals surface area (Å²) in [6, 6.07) is -0.637. The maximum atomic E-state index is 12.4. The molecule has 64 heavy (non-hydrogen) atoms. The van der Waals surface area contributed by atoms with Crippen molar-refractivity contribution < 1.29 is 24.5 Å². The van der Waals surface area contributed by atoms with Crippen molar-refractivity contribution >= 4 is 11.9 Å². The lowest BCUT2D eigenvalue weighted by atomic mass is 10.0. The van der Waals surface area contributed by atoms with E-state index in [9.17, 15) is 19.8 Å². The second-order valence-electron chi connectivity index (χ2n) is 19.6. The lowest BCUT2D eigenvalue weighted by Crippen LogP contribution is -2.45.